The third-order valence-electron chi connectivity index (χ3n) is 3.56. The Balaban J connectivity index is 2.07. The summed E-state index contributed by atoms with van der Waals surface area (Å²) in [6.45, 7) is 2.37. The lowest BCUT2D eigenvalue weighted by Crippen LogP contribution is -2.50. The van der Waals surface area contributed by atoms with E-state index in [1.54, 1.807) is 24.3 Å². The molecule has 1 aliphatic heterocycles. The maximum absolute atomic E-state index is 13.2. The van der Waals surface area contributed by atoms with Crippen molar-refractivity contribution in [2.75, 3.05) is 13.2 Å². The third kappa shape index (κ3) is 4.13. The van der Waals surface area contributed by atoms with E-state index in [-0.39, 0.29) is 31.7 Å². The number of carbonyl (C=O) groups excluding carboxylic acids is 1. The number of nitrogens with zero attached hydrogens (tertiary/aromatic N) is 1. The topological polar surface area (TPSA) is 41.6 Å². The summed E-state index contributed by atoms with van der Waals surface area (Å²) in [6.07, 6.45) is -4.19. The molecule has 0 unspecified atom stereocenters. The first-order valence-corrected chi connectivity index (χ1v) is 7.25. The Morgan fingerprint density at radius 2 is 2.09 bits per heavy atom. The van der Waals surface area contributed by atoms with Crippen LogP contribution in [0, 0.1) is 0 Å². The highest BCUT2D eigenvalue weighted by Crippen LogP contribution is 2.30. The molecule has 1 aromatic rings. The molecule has 122 valence electrons. The summed E-state index contributed by atoms with van der Waals surface area (Å²) in [6, 6.07) is 5.39. The van der Waals surface area contributed by atoms with E-state index in [1.807, 2.05) is 6.92 Å². The van der Waals surface area contributed by atoms with Crippen LogP contribution in [0.2, 0.25) is 0 Å². The monoisotopic (exact) mass is 316 g/mol. The van der Waals surface area contributed by atoms with Gasteiger partial charge in [0.05, 0.1) is 6.61 Å². The lowest BCUT2D eigenvalue weighted by Gasteiger charge is -2.29. The van der Waals surface area contributed by atoms with E-state index < -0.39 is 12.2 Å². The number of alkyl halides is 3. The number of aryl methyl sites for hydroxylation is 1. The molecule has 1 atom stereocenters. The molecule has 1 saturated heterocycles. The Bertz CT molecular complexity index is 520. The van der Waals surface area contributed by atoms with Gasteiger partial charge < -0.3 is 4.74 Å². The van der Waals surface area contributed by atoms with Crippen LogP contribution in [0.1, 0.15) is 25.3 Å². The van der Waals surface area contributed by atoms with Crippen LogP contribution in [0.3, 0.4) is 0 Å². The van der Waals surface area contributed by atoms with Crippen molar-refractivity contribution in [3.63, 3.8) is 0 Å². The number of hydrogen-bond donors (Lipinski definition) is 1. The van der Waals surface area contributed by atoms with Gasteiger partial charge >= 0.3 is 6.18 Å². The fourth-order valence-electron chi connectivity index (χ4n) is 2.52. The number of nitrogens with one attached hydrogen (secondary N) is 1. The van der Waals surface area contributed by atoms with Gasteiger partial charge in [0.25, 0.3) is 0 Å². The number of carbonyl (C=O) groups is 1. The fourth-order valence-corrected chi connectivity index (χ4v) is 2.52. The number of amides is 1. The average molecular weight is 316 g/mol. The summed E-state index contributed by atoms with van der Waals surface area (Å²) >= 11 is 0. The number of hydrazine groups is 1. The molecule has 0 bridgehead atoms. The van der Waals surface area contributed by atoms with Gasteiger partial charge in [-0.05, 0) is 31.4 Å². The van der Waals surface area contributed by atoms with Gasteiger partial charge in [-0.1, -0.05) is 18.2 Å². The van der Waals surface area contributed by atoms with E-state index in [9.17, 15) is 18.0 Å². The first-order valence-electron chi connectivity index (χ1n) is 7.25. The molecule has 22 heavy (non-hydrogen) atoms. The van der Waals surface area contributed by atoms with Gasteiger partial charge in [-0.25, -0.2) is 5.01 Å². The predicted molar refractivity (Wildman–Crippen MR) is 75.2 cm³/mol. The van der Waals surface area contributed by atoms with E-state index in [1.165, 1.54) is 0 Å². The second-order valence-corrected chi connectivity index (χ2v) is 5.12. The molecule has 7 heteroatoms. The van der Waals surface area contributed by atoms with Crippen LogP contribution in [0.15, 0.2) is 24.3 Å². The quantitative estimate of drug-likeness (QED) is 0.877. The zero-order valence-corrected chi connectivity index (χ0v) is 12.3. The normalized spacial score (nSPS) is 17.4. The molecule has 2 rings (SSSR count). The second kappa shape index (κ2) is 7.00. The number of hydrogen-bond acceptors (Lipinski definition) is 3. The number of ether oxygens (including phenoxy) is 1. The van der Waals surface area contributed by atoms with Crippen LogP contribution in [0.4, 0.5) is 13.2 Å². The zero-order chi connectivity index (χ0) is 16.2. The van der Waals surface area contributed by atoms with Gasteiger partial charge in [-0.15, -0.1) is 0 Å². The Labute approximate surface area is 127 Å². The van der Waals surface area contributed by atoms with E-state index >= 15 is 0 Å². The fraction of sp³-hybridized carbons (Fsp3) is 0.533. The largest absolute Gasteiger partial charge is 0.494 e. The number of benzene rings is 1. The van der Waals surface area contributed by atoms with Crippen molar-refractivity contribution in [1.29, 1.82) is 0 Å². The van der Waals surface area contributed by atoms with Crippen LogP contribution in [-0.4, -0.2) is 36.3 Å². The van der Waals surface area contributed by atoms with E-state index in [0.717, 1.165) is 10.6 Å². The second-order valence-electron chi connectivity index (χ2n) is 5.12. The van der Waals surface area contributed by atoms with Gasteiger partial charge in [0.1, 0.15) is 11.8 Å². The van der Waals surface area contributed by atoms with Gasteiger partial charge in [-0.2, -0.15) is 13.2 Å². The molecule has 0 aromatic heterocycles. The van der Waals surface area contributed by atoms with Crippen molar-refractivity contribution >= 4 is 5.91 Å². The minimum atomic E-state index is -4.39. The molecular weight excluding hydrogens is 297 g/mol. The molecule has 1 fully saturated rings. The number of para-hydroxylation sites is 1. The highest BCUT2D eigenvalue weighted by atomic mass is 19.4. The van der Waals surface area contributed by atoms with Gasteiger partial charge in [0.15, 0.2) is 0 Å². The molecule has 4 nitrogen and oxygen atoms in total. The number of halogens is 3. The summed E-state index contributed by atoms with van der Waals surface area (Å²) in [5, 5.41) is 0.992. The molecule has 0 radical (unpaired) electrons. The van der Waals surface area contributed by atoms with Gasteiger partial charge in [0, 0.05) is 13.0 Å². The number of rotatable bonds is 6. The van der Waals surface area contributed by atoms with Crippen LogP contribution in [-0.2, 0) is 11.2 Å². The highest BCUT2D eigenvalue weighted by molar-refractivity contribution is 5.77. The molecule has 0 aliphatic carbocycles. The first kappa shape index (κ1) is 16.6. The minimum Gasteiger partial charge on any atom is -0.494 e. The van der Waals surface area contributed by atoms with Crippen molar-refractivity contribution in [3.05, 3.63) is 29.8 Å². The average Bonchev–Trinajstić information content (AvgIpc) is 2.86. The summed E-state index contributed by atoms with van der Waals surface area (Å²) in [5.74, 6) is 0.236. The summed E-state index contributed by atoms with van der Waals surface area (Å²) in [7, 11) is 0. The molecule has 1 heterocycles. The van der Waals surface area contributed by atoms with Crippen molar-refractivity contribution in [2.45, 2.75) is 38.4 Å². The Morgan fingerprint density at radius 1 is 1.36 bits per heavy atom. The van der Waals surface area contributed by atoms with Gasteiger partial charge in [-0.3, -0.25) is 10.2 Å². The van der Waals surface area contributed by atoms with Crippen molar-refractivity contribution in [2.24, 2.45) is 0 Å². The Morgan fingerprint density at radius 3 is 2.68 bits per heavy atom. The van der Waals surface area contributed by atoms with Crippen LogP contribution in [0.25, 0.3) is 0 Å². The lowest BCUT2D eigenvalue weighted by molar-refractivity contribution is -0.189. The standard InChI is InChI=1S/C15H19F3N2O2/c1-2-22-12-6-4-3-5-11(12)7-8-13(15(16,17)18)20-10-9-14(21)19-20/h3-6,13H,2,7-10H2,1H3,(H,19,21)/t13-/m0/s1. The minimum absolute atomic E-state index is 0.0795. The molecule has 1 aliphatic rings. The lowest BCUT2D eigenvalue weighted by atomic mass is 10.0. The van der Waals surface area contributed by atoms with Crippen molar-refractivity contribution in [3.8, 4) is 5.75 Å². The maximum atomic E-state index is 13.2. The van der Waals surface area contributed by atoms with Crippen LogP contribution >= 0.6 is 0 Å². The molecule has 1 amide bonds. The van der Waals surface area contributed by atoms with Crippen LogP contribution < -0.4 is 10.2 Å². The van der Waals surface area contributed by atoms with E-state index in [2.05, 4.69) is 5.43 Å². The van der Waals surface area contributed by atoms with E-state index in [4.69, 9.17) is 4.74 Å². The molecular formula is C15H19F3N2O2. The van der Waals surface area contributed by atoms with Crippen LogP contribution in [0.5, 0.6) is 5.75 Å². The highest BCUT2D eigenvalue weighted by Gasteiger charge is 2.45. The SMILES string of the molecule is CCOc1ccccc1CC[C@H](N1CCC(=O)N1)C(F)(F)F. The maximum Gasteiger partial charge on any atom is 0.405 e. The summed E-state index contributed by atoms with van der Waals surface area (Å²) < 4.78 is 45.1. The third-order valence-corrected chi connectivity index (χ3v) is 3.56. The molecule has 0 saturated carbocycles. The zero-order valence-electron chi connectivity index (χ0n) is 12.3. The first-order chi connectivity index (χ1) is 10.4. The molecule has 1 N–H and O–H groups in total. The van der Waals surface area contributed by atoms with Gasteiger partial charge in [0.2, 0.25) is 5.91 Å². The Kier molecular flexibility index (Phi) is 5.28. The summed E-state index contributed by atoms with van der Waals surface area (Å²) in [5.41, 5.74) is 3.02. The predicted octanol–water partition coefficient (Wildman–Crippen LogP) is 2.69. The van der Waals surface area contributed by atoms with Crippen molar-refractivity contribution < 1.29 is 22.7 Å². The molecule has 0 spiro atoms. The smallest absolute Gasteiger partial charge is 0.405 e. The Hall–Kier alpha value is -1.76. The summed E-state index contributed by atoms with van der Waals surface area (Å²) in [4.78, 5) is 11.2. The van der Waals surface area contributed by atoms with E-state index in [0.29, 0.717) is 12.4 Å². The molecule has 1 aromatic carbocycles. The van der Waals surface area contributed by atoms with Crippen molar-refractivity contribution in [1.82, 2.24) is 10.4 Å².